The van der Waals surface area contributed by atoms with Gasteiger partial charge in [-0.15, -0.1) is 0 Å². The molecule has 166 valence electrons. The minimum Gasteiger partial charge on any atom is -0.444 e. The summed E-state index contributed by atoms with van der Waals surface area (Å²) in [6.07, 6.45) is 4.61. The lowest BCUT2D eigenvalue weighted by Crippen LogP contribution is -2.65. The second-order valence-corrected chi connectivity index (χ2v) is 9.82. The van der Waals surface area contributed by atoms with E-state index in [1.807, 2.05) is 25.7 Å². The van der Waals surface area contributed by atoms with Gasteiger partial charge in [0.05, 0.1) is 29.7 Å². The number of halogens is 1. The first kappa shape index (κ1) is 21.6. The molecular formula is C22H28ClN5O3. The van der Waals surface area contributed by atoms with Crippen molar-refractivity contribution in [2.24, 2.45) is 11.8 Å². The van der Waals surface area contributed by atoms with Crippen LogP contribution in [0, 0.1) is 11.8 Å². The topological polar surface area (TPSA) is 89.4 Å². The number of benzene rings is 1. The molecule has 2 saturated heterocycles. The molecule has 2 aromatic rings. The van der Waals surface area contributed by atoms with Gasteiger partial charge in [0.25, 0.3) is 5.91 Å². The van der Waals surface area contributed by atoms with Gasteiger partial charge in [-0.3, -0.25) is 4.79 Å². The largest absolute Gasteiger partial charge is 0.444 e. The van der Waals surface area contributed by atoms with E-state index >= 15 is 0 Å². The zero-order valence-corrected chi connectivity index (χ0v) is 19.0. The van der Waals surface area contributed by atoms with Gasteiger partial charge in [0.15, 0.2) is 0 Å². The first-order chi connectivity index (χ1) is 14.6. The van der Waals surface area contributed by atoms with Crippen LogP contribution in [0.2, 0.25) is 5.02 Å². The molecule has 0 spiro atoms. The molecule has 2 bridgehead atoms. The number of nitrogens with zero attached hydrogens (tertiary/aromatic N) is 4. The Balaban J connectivity index is 1.60. The number of rotatable bonds is 4. The van der Waals surface area contributed by atoms with Crippen LogP contribution in [0.15, 0.2) is 30.6 Å². The van der Waals surface area contributed by atoms with E-state index in [0.717, 1.165) is 12.8 Å². The highest BCUT2D eigenvalue weighted by Gasteiger charge is 2.51. The van der Waals surface area contributed by atoms with Crippen LogP contribution in [0.3, 0.4) is 0 Å². The van der Waals surface area contributed by atoms with Crippen molar-refractivity contribution in [3.05, 3.63) is 41.2 Å². The number of fused-ring (bicyclic) bond motifs is 2. The molecule has 2 atom stereocenters. The molecule has 3 aliphatic rings. The number of ether oxygens (including phenoxy) is 1. The second-order valence-electron chi connectivity index (χ2n) is 9.39. The molecule has 31 heavy (non-hydrogen) atoms. The van der Waals surface area contributed by atoms with Crippen LogP contribution in [0.4, 0.5) is 4.79 Å². The number of hydrogen-bond donors (Lipinski definition) is 1. The maximum absolute atomic E-state index is 13.8. The fourth-order valence-electron chi connectivity index (χ4n) is 4.56. The Hall–Kier alpha value is -2.61. The summed E-state index contributed by atoms with van der Waals surface area (Å²) in [5.74, 6) is 0.696. The summed E-state index contributed by atoms with van der Waals surface area (Å²) in [5.41, 5.74) is 0.447. The monoisotopic (exact) mass is 445 g/mol. The fraction of sp³-hybridized carbons (Fsp3) is 0.545. The van der Waals surface area contributed by atoms with E-state index in [0.29, 0.717) is 28.7 Å². The van der Waals surface area contributed by atoms with Crippen LogP contribution < -0.4 is 5.32 Å². The Kier molecular flexibility index (Phi) is 5.68. The molecule has 8 nitrogen and oxygen atoms in total. The molecule has 1 aromatic heterocycles. The van der Waals surface area contributed by atoms with Gasteiger partial charge in [-0.1, -0.05) is 18.5 Å². The van der Waals surface area contributed by atoms with E-state index in [9.17, 15) is 9.59 Å². The normalized spacial score (nSPS) is 25.0. The zero-order valence-electron chi connectivity index (χ0n) is 18.2. The Labute approximate surface area is 186 Å². The highest BCUT2D eigenvalue weighted by Crippen LogP contribution is 2.47. The molecule has 1 aromatic carbocycles. The van der Waals surface area contributed by atoms with Gasteiger partial charge >= 0.3 is 6.09 Å². The fourth-order valence-corrected chi connectivity index (χ4v) is 4.73. The number of carbonyl (C=O) groups is 2. The van der Waals surface area contributed by atoms with Crippen molar-refractivity contribution in [3.63, 3.8) is 0 Å². The molecular weight excluding hydrogens is 418 g/mol. The SMILES string of the molecule is CC1C2CC(C2)N(C(=O)c2cc(Cl)ccc2-n2nccn2)[C@@H]1CNC(=O)OC(C)(C)C. The number of piperidine rings is 2. The lowest BCUT2D eigenvalue weighted by atomic mass is 9.64. The molecule has 9 heteroatoms. The van der Waals surface area contributed by atoms with E-state index in [-0.39, 0.29) is 23.9 Å². The van der Waals surface area contributed by atoms with Crippen molar-refractivity contribution in [3.8, 4) is 5.69 Å². The standard InChI is InChI=1S/C22H28ClN5O3/c1-13-14-9-16(10-14)27(19(13)12-24-21(30)31-22(2,3)4)20(29)17-11-15(23)5-6-18(17)28-25-7-8-26-28/h5-8,11,13-14,16,19H,9-10,12H2,1-4H3,(H,24,30)/t13?,14?,16?,19-/m1/s1. The van der Waals surface area contributed by atoms with Crippen LogP contribution in [0.1, 0.15) is 50.9 Å². The first-order valence-electron chi connectivity index (χ1n) is 10.6. The van der Waals surface area contributed by atoms with Crippen LogP contribution in [-0.4, -0.2) is 56.1 Å². The van der Waals surface area contributed by atoms with Gasteiger partial charge in [0, 0.05) is 17.6 Å². The van der Waals surface area contributed by atoms with Gasteiger partial charge in [-0.25, -0.2) is 4.79 Å². The third-order valence-electron chi connectivity index (χ3n) is 6.16. The van der Waals surface area contributed by atoms with Crippen molar-refractivity contribution in [1.29, 1.82) is 0 Å². The van der Waals surface area contributed by atoms with E-state index < -0.39 is 11.7 Å². The smallest absolute Gasteiger partial charge is 0.407 e. The van der Waals surface area contributed by atoms with Crippen molar-refractivity contribution >= 4 is 23.6 Å². The Morgan fingerprint density at radius 2 is 1.90 bits per heavy atom. The number of aromatic nitrogens is 3. The molecule has 3 fully saturated rings. The molecule has 1 aliphatic carbocycles. The average Bonchev–Trinajstić information content (AvgIpc) is 3.18. The summed E-state index contributed by atoms with van der Waals surface area (Å²) in [7, 11) is 0. The van der Waals surface area contributed by atoms with Crippen LogP contribution in [0.25, 0.3) is 5.69 Å². The van der Waals surface area contributed by atoms with Gasteiger partial charge in [-0.2, -0.15) is 15.0 Å². The molecule has 1 unspecified atom stereocenters. The van der Waals surface area contributed by atoms with Crippen molar-refractivity contribution < 1.29 is 14.3 Å². The van der Waals surface area contributed by atoms with E-state index in [1.165, 1.54) is 4.80 Å². The zero-order chi connectivity index (χ0) is 22.3. The minimum absolute atomic E-state index is 0.124. The molecule has 1 N–H and O–H groups in total. The lowest BCUT2D eigenvalue weighted by molar-refractivity contribution is -0.0544. The van der Waals surface area contributed by atoms with E-state index in [4.69, 9.17) is 16.3 Å². The molecule has 5 rings (SSSR count). The molecule has 2 amide bonds. The highest BCUT2D eigenvalue weighted by atomic mass is 35.5. The molecule has 1 saturated carbocycles. The number of hydrogen-bond acceptors (Lipinski definition) is 5. The van der Waals surface area contributed by atoms with Crippen molar-refractivity contribution in [2.75, 3.05) is 6.54 Å². The summed E-state index contributed by atoms with van der Waals surface area (Å²) in [4.78, 5) is 29.4. The summed E-state index contributed by atoms with van der Waals surface area (Å²) < 4.78 is 5.38. The molecule has 3 heterocycles. The summed E-state index contributed by atoms with van der Waals surface area (Å²) in [5, 5.41) is 11.7. The van der Waals surface area contributed by atoms with Gasteiger partial charge in [-0.05, 0) is 63.6 Å². The maximum Gasteiger partial charge on any atom is 0.407 e. The predicted octanol–water partition coefficient (Wildman–Crippen LogP) is 3.68. The average molecular weight is 446 g/mol. The third kappa shape index (κ3) is 4.39. The Morgan fingerprint density at radius 1 is 1.23 bits per heavy atom. The number of nitrogens with one attached hydrogen (secondary N) is 1. The van der Waals surface area contributed by atoms with Gasteiger partial charge in [0.1, 0.15) is 5.60 Å². The second kappa shape index (κ2) is 8.15. The van der Waals surface area contributed by atoms with Crippen molar-refractivity contribution in [2.45, 2.75) is 58.2 Å². The third-order valence-corrected chi connectivity index (χ3v) is 6.40. The number of carbonyl (C=O) groups excluding carboxylic acids is 2. The Bertz CT molecular complexity index is 966. The summed E-state index contributed by atoms with van der Waals surface area (Å²) >= 11 is 6.24. The Morgan fingerprint density at radius 3 is 2.55 bits per heavy atom. The quantitative estimate of drug-likeness (QED) is 0.775. The van der Waals surface area contributed by atoms with E-state index in [2.05, 4.69) is 22.4 Å². The minimum atomic E-state index is -0.577. The van der Waals surface area contributed by atoms with E-state index in [1.54, 1.807) is 30.6 Å². The van der Waals surface area contributed by atoms with Crippen LogP contribution in [0.5, 0.6) is 0 Å². The van der Waals surface area contributed by atoms with Gasteiger partial charge < -0.3 is 15.0 Å². The summed E-state index contributed by atoms with van der Waals surface area (Å²) in [6, 6.07) is 5.15. The first-order valence-corrected chi connectivity index (χ1v) is 11.0. The lowest BCUT2D eigenvalue weighted by Gasteiger charge is -2.57. The van der Waals surface area contributed by atoms with Crippen LogP contribution in [-0.2, 0) is 4.74 Å². The maximum atomic E-state index is 13.8. The molecule has 2 aliphatic heterocycles. The molecule has 0 radical (unpaired) electrons. The van der Waals surface area contributed by atoms with Crippen LogP contribution >= 0.6 is 11.6 Å². The van der Waals surface area contributed by atoms with Crippen molar-refractivity contribution in [1.82, 2.24) is 25.2 Å². The summed E-state index contributed by atoms with van der Waals surface area (Å²) in [6.45, 7) is 7.96. The highest BCUT2D eigenvalue weighted by molar-refractivity contribution is 6.31. The number of amides is 2. The number of alkyl carbamates (subject to hydrolysis) is 1. The predicted molar refractivity (Wildman–Crippen MR) is 116 cm³/mol. The van der Waals surface area contributed by atoms with Gasteiger partial charge in [0.2, 0.25) is 0 Å².